The number of hydrogen-bond acceptors (Lipinski definition) is 4. The molecule has 3 rings (SSSR count). The van der Waals surface area contributed by atoms with E-state index in [0.717, 1.165) is 0 Å². The number of ether oxygens (including phenoxy) is 1. The Morgan fingerprint density at radius 1 is 1.26 bits per heavy atom. The highest BCUT2D eigenvalue weighted by molar-refractivity contribution is 8.00. The minimum absolute atomic E-state index is 0.0599. The standard InChI is InChI=1S/C13H14N2O3S/c1-8-14-11(7-19-8)12(16)15(13(14)17)9-3-5-10(18-2)6-4-9/h3-6,8,11H,7H2,1-2H3/t8?,11-/m0/s1. The molecule has 0 aromatic heterocycles. The van der Waals surface area contributed by atoms with E-state index in [-0.39, 0.29) is 23.4 Å². The number of amides is 3. The van der Waals surface area contributed by atoms with Crippen molar-refractivity contribution in [3.05, 3.63) is 24.3 Å². The number of hydrogen-bond donors (Lipinski definition) is 0. The summed E-state index contributed by atoms with van der Waals surface area (Å²) in [5.74, 6) is 1.25. The first kappa shape index (κ1) is 12.3. The highest BCUT2D eigenvalue weighted by Crippen LogP contribution is 2.37. The molecule has 5 nitrogen and oxygen atoms in total. The number of imide groups is 1. The van der Waals surface area contributed by atoms with Crippen LogP contribution in [0.4, 0.5) is 10.5 Å². The van der Waals surface area contributed by atoms with Crippen LogP contribution in [0.1, 0.15) is 6.92 Å². The van der Waals surface area contributed by atoms with Gasteiger partial charge in [0, 0.05) is 5.75 Å². The number of benzene rings is 1. The molecule has 2 fully saturated rings. The summed E-state index contributed by atoms with van der Waals surface area (Å²) in [7, 11) is 1.58. The molecule has 0 bridgehead atoms. The Labute approximate surface area is 115 Å². The second-order valence-electron chi connectivity index (χ2n) is 4.51. The largest absolute Gasteiger partial charge is 0.497 e. The van der Waals surface area contributed by atoms with Crippen molar-refractivity contribution in [1.29, 1.82) is 0 Å². The summed E-state index contributed by atoms with van der Waals surface area (Å²) in [4.78, 5) is 27.6. The number of fused-ring (bicyclic) bond motifs is 1. The molecule has 0 saturated carbocycles. The summed E-state index contributed by atoms with van der Waals surface area (Å²) in [6.45, 7) is 1.95. The fourth-order valence-electron chi connectivity index (χ4n) is 2.45. The maximum Gasteiger partial charge on any atom is 0.333 e. The second-order valence-corrected chi connectivity index (χ2v) is 5.86. The Kier molecular flexibility index (Phi) is 2.89. The maximum absolute atomic E-state index is 12.3. The van der Waals surface area contributed by atoms with Crippen molar-refractivity contribution >= 4 is 29.4 Å². The molecule has 2 saturated heterocycles. The second kappa shape index (κ2) is 4.45. The van der Waals surface area contributed by atoms with E-state index in [0.29, 0.717) is 17.2 Å². The van der Waals surface area contributed by atoms with Gasteiger partial charge in [-0.05, 0) is 31.2 Å². The molecule has 1 aromatic carbocycles. The fraction of sp³-hybridized carbons (Fsp3) is 0.385. The van der Waals surface area contributed by atoms with Crippen molar-refractivity contribution in [2.75, 3.05) is 17.8 Å². The van der Waals surface area contributed by atoms with Gasteiger partial charge in [0.1, 0.15) is 11.8 Å². The van der Waals surface area contributed by atoms with Gasteiger partial charge in [-0.25, -0.2) is 9.69 Å². The molecule has 0 N–H and O–H groups in total. The lowest BCUT2D eigenvalue weighted by Gasteiger charge is -2.19. The van der Waals surface area contributed by atoms with Crippen molar-refractivity contribution in [2.24, 2.45) is 0 Å². The van der Waals surface area contributed by atoms with Gasteiger partial charge in [0.15, 0.2) is 0 Å². The van der Waals surface area contributed by atoms with E-state index in [1.165, 1.54) is 4.90 Å². The van der Waals surface area contributed by atoms with Crippen LogP contribution in [-0.2, 0) is 4.79 Å². The summed E-state index contributed by atoms with van der Waals surface area (Å²) in [5.41, 5.74) is 0.599. The highest BCUT2D eigenvalue weighted by atomic mass is 32.2. The van der Waals surface area contributed by atoms with Crippen LogP contribution in [0.15, 0.2) is 24.3 Å². The van der Waals surface area contributed by atoms with E-state index in [2.05, 4.69) is 0 Å². The van der Waals surface area contributed by atoms with Gasteiger partial charge in [0.2, 0.25) is 0 Å². The van der Waals surface area contributed by atoms with Gasteiger partial charge in [-0.2, -0.15) is 0 Å². The number of nitrogens with zero attached hydrogens (tertiary/aromatic N) is 2. The molecule has 2 heterocycles. The molecule has 0 spiro atoms. The number of thioether (sulfide) groups is 1. The highest BCUT2D eigenvalue weighted by Gasteiger charge is 2.51. The predicted molar refractivity (Wildman–Crippen MR) is 73.4 cm³/mol. The molecule has 0 radical (unpaired) electrons. The third kappa shape index (κ3) is 1.78. The third-order valence-corrected chi connectivity index (χ3v) is 4.69. The average molecular weight is 278 g/mol. The Hall–Kier alpha value is -1.69. The number of methoxy groups -OCH3 is 1. The van der Waals surface area contributed by atoms with E-state index in [1.54, 1.807) is 48.0 Å². The topological polar surface area (TPSA) is 49.9 Å². The number of urea groups is 1. The Morgan fingerprint density at radius 3 is 2.53 bits per heavy atom. The van der Waals surface area contributed by atoms with Crippen molar-refractivity contribution in [2.45, 2.75) is 18.3 Å². The van der Waals surface area contributed by atoms with Crippen LogP contribution in [0.25, 0.3) is 0 Å². The van der Waals surface area contributed by atoms with Crippen LogP contribution in [0.2, 0.25) is 0 Å². The van der Waals surface area contributed by atoms with Crippen LogP contribution < -0.4 is 9.64 Å². The molecule has 6 heteroatoms. The van der Waals surface area contributed by atoms with Crippen molar-refractivity contribution in [3.8, 4) is 5.75 Å². The molecule has 3 amide bonds. The summed E-state index contributed by atoms with van der Waals surface area (Å²) in [6.07, 6.45) is 0. The normalized spacial score (nSPS) is 26.0. The lowest BCUT2D eigenvalue weighted by atomic mass is 10.2. The molecule has 2 atom stereocenters. The van der Waals surface area contributed by atoms with Crippen LogP contribution in [-0.4, -0.2) is 41.1 Å². The fourth-order valence-corrected chi connectivity index (χ4v) is 3.61. The first-order valence-electron chi connectivity index (χ1n) is 6.05. The van der Waals surface area contributed by atoms with E-state index in [9.17, 15) is 9.59 Å². The van der Waals surface area contributed by atoms with E-state index < -0.39 is 0 Å². The predicted octanol–water partition coefficient (Wildman–Crippen LogP) is 1.93. The van der Waals surface area contributed by atoms with Crippen LogP contribution >= 0.6 is 11.8 Å². The lowest BCUT2D eigenvalue weighted by molar-refractivity contribution is -0.119. The number of carbonyl (C=O) groups excluding carboxylic acids is 2. The SMILES string of the molecule is COc1ccc(N2C(=O)[C@@H]3CSC(C)N3C2=O)cc1. The first-order chi connectivity index (χ1) is 9.13. The monoisotopic (exact) mass is 278 g/mol. The van der Waals surface area contributed by atoms with Gasteiger partial charge in [0.25, 0.3) is 5.91 Å². The Morgan fingerprint density at radius 2 is 1.95 bits per heavy atom. The zero-order valence-corrected chi connectivity index (χ0v) is 11.5. The number of carbonyl (C=O) groups is 2. The van der Waals surface area contributed by atoms with Gasteiger partial charge < -0.3 is 4.74 Å². The van der Waals surface area contributed by atoms with Gasteiger partial charge in [-0.15, -0.1) is 11.8 Å². The number of anilines is 1. The van der Waals surface area contributed by atoms with Crippen molar-refractivity contribution in [3.63, 3.8) is 0 Å². The molecule has 2 aliphatic heterocycles. The smallest absolute Gasteiger partial charge is 0.333 e. The Balaban J connectivity index is 1.93. The van der Waals surface area contributed by atoms with Gasteiger partial charge in [-0.1, -0.05) is 0 Å². The molecule has 1 aromatic rings. The van der Waals surface area contributed by atoms with E-state index >= 15 is 0 Å². The van der Waals surface area contributed by atoms with Crippen molar-refractivity contribution < 1.29 is 14.3 Å². The van der Waals surface area contributed by atoms with Crippen LogP contribution in [0.3, 0.4) is 0 Å². The number of rotatable bonds is 2. The summed E-state index contributed by atoms with van der Waals surface area (Å²) < 4.78 is 5.08. The Bertz CT molecular complexity index is 531. The maximum atomic E-state index is 12.3. The van der Waals surface area contributed by atoms with E-state index in [4.69, 9.17) is 4.74 Å². The molecular weight excluding hydrogens is 264 g/mol. The molecule has 0 aliphatic carbocycles. The zero-order chi connectivity index (χ0) is 13.6. The van der Waals surface area contributed by atoms with E-state index in [1.807, 2.05) is 6.92 Å². The minimum atomic E-state index is -0.311. The van der Waals surface area contributed by atoms with Gasteiger partial charge in [-0.3, -0.25) is 9.69 Å². The molecular formula is C13H14N2O3S. The first-order valence-corrected chi connectivity index (χ1v) is 7.10. The average Bonchev–Trinajstić information content (AvgIpc) is 2.91. The molecule has 1 unspecified atom stereocenters. The summed E-state index contributed by atoms with van der Waals surface area (Å²) in [5, 5.41) is 0.0599. The molecule has 19 heavy (non-hydrogen) atoms. The summed E-state index contributed by atoms with van der Waals surface area (Å²) in [6, 6.07) is 6.42. The van der Waals surface area contributed by atoms with Crippen molar-refractivity contribution in [1.82, 2.24) is 4.90 Å². The lowest BCUT2D eigenvalue weighted by Crippen LogP contribution is -2.35. The summed E-state index contributed by atoms with van der Waals surface area (Å²) >= 11 is 1.64. The van der Waals surface area contributed by atoms with Crippen LogP contribution in [0.5, 0.6) is 5.75 Å². The molecule has 2 aliphatic rings. The zero-order valence-electron chi connectivity index (χ0n) is 10.7. The molecule has 100 valence electrons. The van der Waals surface area contributed by atoms with Gasteiger partial charge in [0.05, 0.1) is 18.2 Å². The van der Waals surface area contributed by atoms with Crippen LogP contribution in [0, 0.1) is 0 Å². The third-order valence-electron chi connectivity index (χ3n) is 3.47. The quantitative estimate of drug-likeness (QED) is 0.776. The van der Waals surface area contributed by atoms with Gasteiger partial charge >= 0.3 is 6.03 Å². The minimum Gasteiger partial charge on any atom is -0.497 e.